The van der Waals surface area contributed by atoms with Gasteiger partial charge in [0.15, 0.2) is 0 Å². The van der Waals surface area contributed by atoms with E-state index in [1.54, 1.807) is 13.1 Å². The number of thiophene rings is 1. The van der Waals surface area contributed by atoms with Crippen molar-refractivity contribution >= 4 is 34.7 Å². The molecule has 0 aliphatic carbocycles. The lowest BCUT2D eigenvalue weighted by atomic mass is 10.3. The van der Waals surface area contributed by atoms with Crippen molar-refractivity contribution in [2.24, 2.45) is 10.9 Å². The Morgan fingerprint density at radius 1 is 1.69 bits per heavy atom. The van der Waals surface area contributed by atoms with E-state index in [4.69, 9.17) is 22.5 Å². The first kappa shape index (κ1) is 12.8. The molecule has 16 heavy (non-hydrogen) atoms. The fourth-order valence-corrected chi connectivity index (χ4v) is 2.23. The van der Waals surface area contributed by atoms with Gasteiger partial charge < -0.3 is 15.8 Å². The average molecular weight is 262 g/mol. The Morgan fingerprint density at radius 2 is 2.38 bits per heavy atom. The second-order valence-corrected chi connectivity index (χ2v) is 5.02. The van der Waals surface area contributed by atoms with E-state index >= 15 is 0 Å². The van der Waals surface area contributed by atoms with Crippen molar-refractivity contribution in [2.75, 3.05) is 7.05 Å². The highest BCUT2D eigenvalue weighted by atomic mass is 35.5. The molecule has 1 amide bonds. The fraction of sp³-hybridized carbons (Fsp3) is 0.333. The lowest BCUT2D eigenvalue weighted by molar-refractivity contribution is -0.129. The summed E-state index contributed by atoms with van der Waals surface area (Å²) in [6.07, 6.45) is -0.0912. The van der Waals surface area contributed by atoms with Crippen LogP contribution in [0, 0.1) is 0 Å². The van der Waals surface area contributed by atoms with Crippen LogP contribution in [-0.4, -0.2) is 28.9 Å². The van der Waals surface area contributed by atoms with Crippen LogP contribution in [0.25, 0.3) is 0 Å². The molecule has 0 bridgehead atoms. The summed E-state index contributed by atoms with van der Waals surface area (Å²) in [6, 6.07) is 3.64. The molecule has 0 atom stereocenters. The Kier molecular flexibility index (Phi) is 4.57. The maximum atomic E-state index is 11.5. The van der Waals surface area contributed by atoms with Gasteiger partial charge in [-0.1, -0.05) is 16.8 Å². The summed E-state index contributed by atoms with van der Waals surface area (Å²) in [4.78, 5) is 14.0. The number of nitrogens with two attached hydrogens (primary N) is 1. The molecule has 0 aliphatic heterocycles. The van der Waals surface area contributed by atoms with Crippen LogP contribution < -0.4 is 5.73 Å². The molecule has 88 valence electrons. The molecular weight excluding hydrogens is 250 g/mol. The van der Waals surface area contributed by atoms with Crippen molar-refractivity contribution in [3.63, 3.8) is 0 Å². The second kappa shape index (κ2) is 5.72. The molecule has 5 nitrogen and oxygen atoms in total. The molecule has 1 aromatic heterocycles. The first-order valence-corrected chi connectivity index (χ1v) is 5.67. The Bertz CT molecular complexity index is 405. The summed E-state index contributed by atoms with van der Waals surface area (Å²) in [5.74, 6) is -0.305. The van der Waals surface area contributed by atoms with E-state index in [2.05, 4.69) is 5.16 Å². The second-order valence-electron chi connectivity index (χ2n) is 3.22. The van der Waals surface area contributed by atoms with Gasteiger partial charge in [-0.15, -0.1) is 11.3 Å². The van der Waals surface area contributed by atoms with Gasteiger partial charge in [-0.2, -0.15) is 0 Å². The normalized spacial score (nSPS) is 11.5. The SMILES string of the molecule is CN(Cc1ccc(Cl)s1)C(=O)CC(N)=NO. The molecule has 0 saturated heterocycles. The van der Waals surface area contributed by atoms with Crippen molar-refractivity contribution in [2.45, 2.75) is 13.0 Å². The summed E-state index contributed by atoms with van der Waals surface area (Å²) >= 11 is 7.19. The monoisotopic (exact) mass is 261 g/mol. The standard InChI is InChI=1S/C9H12ClN3O2S/c1-13(9(14)4-8(11)12-15)5-6-2-3-7(10)16-6/h2-3,15H,4-5H2,1H3,(H2,11,12). The molecule has 1 aromatic rings. The lowest BCUT2D eigenvalue weighted by Crippen LogP contribution is -2.30. The van der Waals surface area contributed by atoms with E-state index in [0.29, 0.717) is 10.9 Å². The highest BCUT2D eigenvalue weighted by molar-refractivity contribution is 7.16. The zero-order chi connectivity index (χ0) is 12.1. The molecular formula is C9H12ClN3O2S. The number of carbonyl (C=O) groups is 1. The van der Waals surface area contributed by atoms with E-state index in [9.17, 15) is 4.79 Å². The minimum Gasteiger partial charge on any atom is -0.409 e. The van der Waals surface area contributed by atoms with Gasteiger partial charge in [-0.25, -0.2) is 0 Å². The predicted molar refractivity (Wildman–Crippen MR) is 63.8 cm³/mol. The average Bonchev–Trinajstić information content (AvgIpc) is 2.63. The van der Waals surface area contributed by atoms with Crippen LogP contribution in [0.5, 0.6) is 0 Å². The van der Waals surface area contributed by atoms with Gasteiger partial charge in [-0.05, 0) is 12.1 Å². The van der Waals surface area contributed by atoms with Crippen molar-refractivity contribution in [1.82, 2.24) is 4.90 Å². The number of carbonyl (C=O) groups excluding carboxylic acids is 1. The minimum atomic E-state index is -0.208. The van der Waals surface area contributed by atoms with Crippen LogP contribution in [0.15, 0.2) is 17.3 Å². The van der Waals surface area contributed by atoms with E-state index in [-0.39, 0.29) is 18.2 Å². The van der Waals surface area contributed by atoms with Crippen LogP contribution in [0.2, 0.25) is 4.34 Å². The van der Waals surface area contributed by atoms with Crippen LogP contribution in [0.3, 0.4) is 0 Å². The Balaban J connectivity index is 2.52. The van der Waals surface area contributed by atoms with Gasteiger partial charge in [0.05, 0.1) is 17.3 Å². The van der Waals surface area contributed by atoms with Crippen LogP contribution >= 0.6 is 22.9 Å². The minimum absolute atomic E-state index is 0.0912. The fourth-order valence-electron chi connectivity index (χ4n) is 1.08. The molecule has 0 aromatic carbocycles. The molecule has 0 unspecified atom stereocenters. The summed E-state index contributed by atoms with van der Waals surface area (Å²) in [5, 5.41) is 11.1. The van der Waals surface area contributed by atoms with E-state index in [1.165, 1.54) is 16.2 Å². The quantitative estimate of drug-likeness (QED) is 0.373. The van der Waals surface area contributed by atoms with Gasteiger partial charge >= 0.3 is 0 Å². The van der Waals surface area contributed by atoms with Gasteiger partial charge in [0, 0.05) is 11.9 Å². The van der Waals surface area contributed by atoms with Crippen LogP contribution in [0.1, 0.15) is 11.3 Å². The molecule has 1 heterocycles. The number of halogens is 1. The van der Waals surface area contributed by atoms with Gasteiger partial charge in [-0.3, -0.25) is 4.79 Å². The molecule has 0 spiro atoms. The number of hydrogen-bond acceptors (Lipinski definition) is 4. The molecule has 0 radical (unpaired) electrons. The predicted octanol–water partition coefficient (Wildman–Crippen LogP) is 1.50. The van der Waals surface area contributed by atoms with Crippen molar-refractivity contribution in [3.8, 4) is 0 Å². The third-order valence-electron chi connectivity index (χ3n) is 1.91. The number of rotatable bonds is 4. The van der Waals surface area contributed by atoms with Crippen LogP contribution in [-0.2, 0) is 11.3 Å². The van der Waals surface area contributed by atoms with Crippen molar-refractivity contribution in [3.05, 3.63) is 21.3 Å². The van der Waals surface area contributed by atoms with Gasteiger partial charge in [0.25, 0.3) is 0 Å². The van der Waals surface area contributed by atoms with E-state index < -0.39 is 0 Å². The Morgan fingerprint density at radius 3 is 2.88 bits per heavy atom. The summed E-state index contributed by atoms with van der Waals surface area (Å²) in [7, 11) is 1.65. The smallest absolute Gasteiger partial charge is 0.230 e. The summed E-state index contributed by atoms with van der Waals surface area (Å²) in [5.41, 5.74) is 5.24. The van der Waals surface area contributed by atoms with E-state index in [1.807, 2.05) is 6.07 Å². The largest absolute Gasteiger partial charge is 0.409 e. The molecule has 1 rings (SSSR count). The zero-order valence-corrected chi connectivity index (χ0v) is 10.3. The lowest BCUT2D eigenvalue weighted by Gasteiger charge is -2.15. The van der Waals surface area contributed by atoms with Gasteiger partial charge in [0.2, 0.25) is 5.91 Å². The van der Waals surface area contributed by atoms with Gasteiger partial charge in [0.1, 0.15) is 5.84 Å². The third kappa shape index (κ3) is 3.71. The Labute approximate surface area is 102 Å². The first-order valence-electron chi connectivity index (χ1n) is 4.47. The topological polar surface area (TPSA) is 78.9 Å². The summed E-state index contributed by atoms with van der Waals surface area (Å²) in [6.45, 7) is 0.467. The molecule has 0 aliphatic rings. The van der Waals surface area contributed by atoms with E-state index in [0.717, 1.165) is 4.88 Å². The molecule has 3 N–H and O–H groups in total. The number of amidine groups is 1. The highest BCUT2D eigenvalue weighted by Gasteiger charge is 2.12. The zero-order valence-electron chi connectivity index (χ0n) is 8.68. The van der Waals surface area contributed by atoms with Crippen molar-refractivity contribution < 1.29 is 10.0 Å². The number of amides is 1. The maximum absolute atomic E-state index is 11.5. The number of hydrogen-bond donors (Lipinski definition) is 2. The maximum Gasteiger partial charge on any atom is 0.230 e. The first-order chi connectivity index (χ1) is 7.52. The molecule has 0 saturated carbocycles. The molecule has 7 heteroatoms. The molecule has 0 fully saturated rings. The Hall–Kier alpha value is -1.27. The highest BCUT2D eigenvalue weighted by Crippen LogP contribution is 2.22. The number of nitrogens with zero attached hydrogens (tertiary/aromatic N) is 2. The van der Waals surface area contributed by atoms with Crippen molar-refractivity contribution in [1.29, 1.82) is 0 Å². The third-order valence-corrected chi connectivity index (χ3v) is 3.12. The van der Waals surface area contributed by atoms with Crippen LogP contribution in [0.4, 0.5) is 0 Å². The number of oxime groups is 1. The summed E-state index contributed by atoms with van der Waals surface area (Å²) < 4.78 is 0.687.